The third-order valence-electron chi connectivity index (χ3n) is 0.503. The molecule has 0 N–H and O–H groups in total. The monoisotopic (exact) mass is 127 g/mol. The molecule has 0 radical (unpaired) electrons. The first-order valence-corrected chi connectivity index (χ1v) is 2.12. The lowest BCUT2D eigenvalue weighted by Crippen LogP contribution is -1.84. The Hall–Kier alpha value is -1.41. The number of aliphatic imine (C=N–C) groups is 1. The van der Waals surface area contributed by atoms with Gasteiger partial charge >= 0.3 is 0 Å². The van der Waals surface area contributed by atoms with Crippen LogP contribution >= 0.6 is 0 Å². The summed E-state index contributed by atoms with van der Waals surface area (Å²) in [4.78, 5) is 22.3. The van der Waals surface area contributed by atoms with Gasteiger partial charge in [-0.3, -0.25) is 4.79 Å². The number of carbonyl (C=O) groups is 1. The summed E-state index contributed by atoms with van der Waals surface area (Å²) in [5.74, 6) is -0.674. The summed E-state index contributed by atoms with van der Waals surface area (Å²) >= 11 is 0. The molecule has 4 heteroatoms. The van der Waals surface area contributed by atoms with E-state index in [1.165, 1.54) is 7.11 Å². The first-order valence-electron chi connectivity index (χ1n) is 2.12. The number of amides is 1. The topological polar surface area (TPSA) is 55.7 Å². The molecule has 0 saturated heterocycles. The lowest BCUT2D eigenvalue weighted by molar-refractivity contribution is -0.113. The molecule has 0 aliphatic rings. The van der Waals surface area contributed by atoms with E-state index in [1.807, 2.05) is 0 Å². The Morgan fingerprint density at radius 3 is 2.89 bits per heavy atom. The van der Waals surface area contributed by atoms with Gasteiger partial charge in [-0.1, -0.05) is 0 Å². The SMILES string of the molecule is CO/C=C/C(=O)N=C=O. The number of carbonyl (C=O) groups excluding carboxylic acids is 2. The minimum absolute atomic E-state index is 0.674. The van der Waals surface area contributed by atoms with E-state index in [2.05, 4.69) is 9.73 Å². The van der Waals surface area contributed by atoms with Gasteiger partial charge in [-0.2, -0.15) is 0 Å². The van der Waals surface area contributed by atoms with Crippen molar-refractivity contribution in [2.24, 2.45) is 4.99 Å². The number of ether oxygens (including phenoxy) is 1. The minimum atomic E-state index is -0.674. The van der Waals surface area contributed by atoms with E-state index in [0.717, 1.165) is 18.4 Å². The maximum atomic E-state index is 10.2. The first kappa shape index (κ1) is 7.59. The van der Waals surface area contributed by atoms with Crippen molar-refractivity contribution >= 4 is 12.0 Å². The molecule has 4 nitrogen and oxygen atoms in total. The van der Waals surface area contributed by atoms with E-state index in [0.29, 0.717) is 0 Å². The van der Waals surface area contributed by atoms with Gasteiger partial charge in [0, 0.05) is 6.08 Å². The van der Waals surface area contributed by atoms with Crippen molar-refractivity contribution in [2.45, 2.75) is 0 Å². The molecule has 0 aromatic rings. The van der Waals surface area contributed by atoms with Crippen LogP contribution in [0.15, 0.2) is 17.3 Å². The molecule has 1 amide bonds. The molecule has 0 aromatic heterocycles. The van der Waals surface area contributed by atoms with E-state index >= 15 is 0 Å². The van der Waals surface area contributed by atoms with Crippen LogP contribution in [0.1, 0.15) is 0 Å². The van der Waals surface area contributed by atoms with Gasteiger partial charge in [-0.25, -0.2) is 4.79 Å². The Morgan fingerprint density at radius 1 is 1.78 bits per heavy atom. The van der Waals surface area contributed by atoms with Gasteiger partial charge in [0.05, 0.1) is 13.4 Å². The third-order valence-corrected chi connectivity index (χ3v) is 0.503. The highest BCUT2D eigenvalue weighted by Gasteiger charge is 1.86. The molecule has 0 unspecified atom stereocenters. The fourth-order valence-corrected chi connectivity index (χ4v) is 0.209. The van der Waals surface area contributed by atoms with Crippen molar-refractivity contribution in [3.05, 3.63) is 12.3 Å². The Morgan fingerprint density at radius 2 is 2.44 bits per heavy atom. The van der Waals surface area contributed by atoms with Crippen LogP contribution in [0.4, 0.5) is 0 Å². The van der Waals surface area contributed by atoms with E-state index in [4.69, 9.17) is 0 Å². The van der Waals surface area contributed by atoms with Crippen LogP contribution < -0.4 is 0 Å². The Balaban J connectivity index is 3.77. The molecule has 0 aliphatic carbocycles. The van der Waals surface area contributed by atoms with Gasteiger partial charge < -0.3 is 4.74 Å². The lowest BCUT2D eigenvalue weighted by atomic mass is 10.6. The van der Waals surface area contributed by atoms with Crippen molar-refractivity contribution < 1.29 is 14.3 Å². The molecule has 0 fully saturated rings. The average molecular weight is 127 g/mol. The van der Waals surface area contributed by atoms with Crippen LogP contribution in [-0.4, -0.2) is 19.1 Å². The highest BCUT2D eigenvalue weighted by atomic mass is 16.5. The number of isocyanates is 1. The largest absolute Gasteiger partial charge is 0.504 e. The Labute approximate surface area is 51.8 Å². The second-order valence-electron chi connectivity index (χ2n) is 1.08. The van der Waals surface area contributed by atoms with E-state index in [-0.39, 0.29) is 0 Å². The number of hydrogen-bond acceptors (Lipinski definition) is 3. The predicted octanol–water partition coefficient (Wildman–Crippen LogP) is 0.00890. The molecule has 0 heterocycles. The molecule has 48 valence electrons. The zero-order chi connectivity index (χ0) is 7.11. The van der Waals surface area contributed by atoms with Gasteiger partial charge in [0.15, 0.2) is 0 Å². The summed E-state index contributed by atoms with van der Waals surface area (Å²) in [5, 5.41) is 0. The van der Waals surface area contributed by atoms with Crippen molar-refractivity contribution in [3.8, 4) is 0 Å². The smallest absolute Gasteiger partial charge is 0.283 e. The van der Waals surface area contributed by atoms with Crippen LogP contribution in [-0.2, 0) is 14.3 Å². The normalized spacial score (nSPS) is 8.56. The van der Waals surface area contributed by atoms with E-state index < -0.39 is 5.91 Å². The van der Waals surface area contributed by atoms with Gasteiger partial charge in [0.25, 0.3) is 5.91 Å². The second-order valence-corrected chi connectivity index (χ2v) is 1.08. The zero-order valence-corrected chi connectivity index (χ0v) is 4.83. The lowest BCUT2D eigenvalue weighted by Gasteiger charge is -1.80. The molecule has 0 aromatic carbocycles. The fourth-order valence-electron chi connectivity index (χ4n) is 0.209. The number of hydrogen-bond donors (Lipinski definition) is 0. The molecule has 0 spiro atoms. The maximum absolute atomic E-state index is 10.2. The van der Waals surface area contributed by atoms with Crippen LogP contribution in [0.5, 0.6) is 0 Å². The summed E-state index contributed by atoms with van der Waals surface area (Å²) in [5.41, 5.74) is 0. The van der Waals surface area contributed by atoms with Crippen molar-refractivity contribution in [1.29, 1.82) is 0 Å². The molecular formula is C5H5NO3. The van der Waals surface area contributed by atoms with Crippen molar-refractivity contribution in [3.63, 3.8) is 0 Å². The molecule has 0 saturated carbocycles. The summed E-state index contributed by atoms with van der Waals surface area (Å²) in [6.45, 7) is 0. The van der Waals surface area contributed by atoms with E-state index in [9.17, 15) is 9.59 Å². The second kappa shape index (κ2) is 4.74. The van der Waals surface area contributed by atoms with Gasteiger partial charge in [0.2, 0.25) is 6.08 Å². The summed E-state index contributed by atoms with van der Waals surface area (Å²) in [6, 6.07) is 0. The van der Waals surface area contributed by atoms with Crippen molar-refractivity contribution in [1.82, 2.24) is 0 Å². The highest BCUT2D eigenvalue weighted by Crippen LogP contribution is 1.76. The average Bonchev–Trinajstić information content (AvgIpc) is 1.85. The van der Waals surface area contributed by atoms with E-state index in [1.54, 1.807) is 0 Å². The molecular weight excluding hydrogens is 122 g/mol. The first-order chi connectivity index (χ1) is 4.31. The Kier molecular flexibility index (Phi) is 4.00. The number of nitrogens with zero attached hydrogens (tertiary/aromatic N) is 1. The fraction of sp³-hybridized carbons (Fsp3) is 0.200. The molecule has 0 atom stereocenters. The van der Waals surface area contributed by atoms with Crippen LogP contribution in [0, 0.1) is 0 Å². The Bertz CT molecular complexity index is 167. The third kappa shape index (κ3) is 4.44. The number of methoxy groups -OCH3 is 1. The summed E-state index contributed by atoms with van der Waals surface area (Å²) in [7, 11) is 1.38. The van der Waals surface area contributed by atoms with Gasteiger partial charge in [0.1, 0.15) is 0 Å². The zero-order valence-electron chi connectivity index (χ0n) is 4.83. The molecule has 9 heavy (non-hydrogen) atoms. The summed E-state index contributed by atoms with van der Waals surface area (Å²) in [6.07, 6.45) is 3.24. The van der Waals surface area contributed by atoms with Crippen molar-refractivity contribution in [2.75, 3.05) is 7.11 Å². The maximum Gasteiger partial charge on any atom is 0.283 e. The standard InChI is InChI=1S/C5H5NO3/c1-9-3-2-5(8)6-4-7/h2-3H,1H3/b3-2+. The molecule has 0 bridgehead atoms. The van der Waals surface area contributed by atoms with Gasteiger partial charge in [-0.05, 0) is 0 Å². The van der Waals surface area contributed by atoms with Crippen LogP contribution in [0.25, 0.3) is 0 Å². The molecule has 0 rings (SSSR count). The molecule has 0 aliphatic heterocycles. The minimum Gasteiger partial charge on any atom is -0.504 e. The van der Waals surface area contributed by atoms with Crippen LogP contribution in [0.2, 0.25) is 0 Å². The number of rotatable bonds is 2. The quantitative estimate of drug-likeness (QED) is 0.227. The predicted molar refractivity (Wildman–Crippen MR) is 29.3 cm³/mol. The van der Waals surface area contributed by atoms with Gasteiger partial charge in [-0.15, -0.1) is 4.99 Å². The van der Waals surface area contributed by atoms with Crippen LogP contribution in [0.3, 0.4) is 0 Å². The highest BCUT2D eigenvalue weighted by molar-refractivity contribution is 5.91. The summed E-state index contributed by atoms with van der Waals surface area (Å²) < 4.78 is 4.37.